The number of amides is 1. The number of carbonyl (C=O) groups excluding carboxylic acids is 1. The molecule has 0 radical (unpaired) electrons. The quantitative estimate of drug-likeness (QED) is 0.785. The fourth-order valence-corrected chi connectivity index (χ4v) is 2.48. The predicted molar refractivity (Wildman–Crippen MR) is 98.2 cm³/mol. The molecule has 6 nitrogen and oxygen atoms in total. The van der Waals surface area contributed by atoms with Crippen LogP contribution >= 0.6 is 0 Å². The van der Waals surface area contributed by atoms with Crippen molar-refractivity contribution in [3.8, 4) is 5.75 Å². The van der Waals surface area contributed by atoms with Crippen LogP contribution in [0.2, 0.25) is 0 Å². The standard InChI is InChI=1S/C20H24N2O4/c1-14(2)22(10-9-19(23)24)20(25)17-6-4-5-16(11-17)13-26-18-8-7-15(3)21-12-18/h4-8,11-12,14H,9-10,13H2,1-3H3,(H,23,24). The lowest BCUT2D eigenvalue weighted by Gasteiger charge is -2.26. The van der Waals surface area contributed by atoms with Gasteiger partial charge in [0.05, 0.1) is 12.6 Å². The van der Waals surface area contributed by atoms with Crippen LogP contribution in [0.4, 0.5) is 0 Å². The minimum atomic E-state index is -0.919. The van der Waals surface area contributed by atoms with Gasteiger partial charge in [0, 0.05) is 23.8 Å². The SMILES string of the molecule is Cc1ccc(OCc2cccc(C(=O)N(CCC(=O)O)C(C)C)c2)cn1. The van der Waals surface area contributed by atoms with Crippen molar-refractivity contribution in [1.82, 2.24) is 9.88 Å². The minimum absolute atomic E-state index is 0.0762. The van der Waals surface area contributed by atoms with E-state index in [1.807, 2.05) is 39.0 Å². The number of nitrogens with zero attached hydrogens (tertiary/aromatic N) is 2. The molecule has 1 heterocycles. The molecule has 2 aromatic rings. The highest BCUT2D eigenvalue weighted by molar-refractivity contribution is 5.94. The number of carbonyl (C=O) groups is 2. The van der Waals surface area contributed by atoms with E-state index in [1.165, 1.54) is 0 Å². The summed E-state index contributed by atoms with van der Waals surface area (Å²) in [6.07, 6.45) is 1.59. The van der Waals surface area contributed by atoms with E-state index in [4.69, 9.17) is 9.84 Å². The summed E-state index contributed by atoms with van der Waals surface area (Å²) in [7, 11) is 0. The zero-order valence-electron chi connectivity index (χ0n) is 15.3. The number of aromatic nitrogens is 1. The van der Waals surface area contributed by atoms with Gasteiger partial charge in [0.25, 0.3) is 5.91 Å². The average molecular weight is 356 g/mol. The highest BCUT2D eigenvalue weighted by atomic mass is 16.5. The molecule has 2 rings (SSSR count). The van der Waals surface area contributed by atoms with Gasteiger partial charge in [-0.25, -0.2) is 0 Å². The Hall–Kier alpha value is -2.89. The van der Waals surface area contributed by atoms with Gasteiger partial charge in [0.2, 0.25) is 0 Å². The van der Waals surface area contributed by atoms with Gasteiger partial charge in [-0.1, -0.05) is 12.1 Å². The maximum Gasteiger partial charge on any atom is 0.305 e. The number of benzene rings is 1. The van der Waals surface area contributed by atoms with E-state index in [9.17, 15) is 9.59 Å². The Morgan fingerprint density at radius 1 is 1.23 bits per heavy atom. The summed E-state index contributed by atoms with van der Waals surface area (Å²) in [5, 5.41) is 8.88. The topological polar surface area (TPSA) is 79.7 Å². The van der Waals surface area contributed by atoms with Gasteiger partial charge in [-0.05, 0) is 50.6 Å². The highest BCUT2D eigenvalue weighted by Gasteiger charge is 2.19. The van der Waals surface area contributed by atoms with Gasteiger partial charge in [0.1, 0.15) is 12.4 Å². The Kier molecular flexibility index (Phi) is 6.72. The van der Waals surface area contributed by atoms with E-state index in [0.717, 1.165) is 11.3 Å². The van der Waals surface area contributed by atoms with E-state index in [1.54, 1.807) is 29.3 Å². The second kappa shape index (κ2) is 8.99. The van der Waals surface area contributed by atoms with Crippen molar-refractivity contribution in [1.29, 1.82) is 0 Å². The molecule has 0 saturated carbocycles. The van der Waals surface area contributed by atoms with E-state index in [2.05, 4.69) is 4.98 Å². The molecule has 0 saturated heterocycles. The highest BCUT2D eigenvalue weighted by Crippen LogP contribution is 2.15. The molecule has 0 aliphatic carbocycles. The summed E-state index contributed by atoms with van der Waals surface area (Å²) in [4.78, 5) is 29.3. The Morgan fingerprint density at radius 3 is 2.62 bits per heavy atom. The first-order chi connectivity index (χ1) is 12.4. The molecule has 1 aromatic heterocycles. The van der Waals surface area contributed by atoms with Crippen LogP contribution < -0.4 is 4.74 Å². The van der Waals surface area contributed by atoms with Crippen molar-refractivity contribution in [3.05, 3.63) is 59.4 Å². The van der Waals surface area contributed by atoms with E-state index in [-0.39, 0.29) is 24.9 Å². The Labute approximate surface area is 153 Å². The summed E-state index contributed by atoms with van der Waals surface area (Å²) in [5.41, 5.74) is 2.30. The lowest BCUT2D eigenvalue weighted by Crippen LogP contribution is -2.38. The summed E-state index contributed by atoms with van der Waals surface area (Å²) in [5.74, 6) is -0.435. The molecule has 1 amide bonds. The fraction of sp³-hybridized carbons (Fsp3) is 0.350. The van der Waals surface area contributed by atoms with Crippen LogP contribution in [0.15, 0.2) is 42.6 Å². The zero-order chi connectivity index (χ0) is 19.1. The van der Waals surface area contributed by atoms with Crippen LogP contribution in [0.25, 0.3) is 0 Å². The lowest BCUT2D eigenvalue weighted by atomic mass is 10.1. The van der Waals surface area contributed by atoms with Gasteiger partial charge in [0.15, 0.2) is 0 Å². The predicted octanol–water partition coefficient (Wildman–Crippen LogP) is 3.29. The van der Waals surface area contributed by atoms with E-state index >= 15 is 0 Å². The second-order valence-electron chi connectivity index (χ2n) is 6.36. The zero-order valence-corrected chi connectivity index (χ0v) is 15.3. The number of aliphatic carboxylic acids is 1. The van der Waals surface area contributed by atoms with Crippen molar-refractivity contribution in [3.63, 3.8) is 0 Å². The van der Waals surface area contributed by atoms with Crippen LogP contribution in [-0.4, -0.2) is 39.5 Å². The van der Waals surface area contributed by atoms with Crippen LogP contribution in [0, 0.1) is 6.92 Å². The molecule has 6 heteroatoms. The monoisotopic (exact) mass is 356 g/mol. The van der Waals surface area contributed by atoms with Crippen molar-refractivity contribution in [2.75, 3.05) is 6.54 Å². The smallest absolute Gasteiger partial charge is 0.305 e. The van der Waals surface area contributed by atoms with E-state index in [0.29, 0.717) is 17.9 Å². The van der Waals surface area contributed by atoms with Crippen LogP contribution in [0.3, 0.4) is 0 Å². The Bertz CT molecular complexity index is 757. The molecular formula is C20H24N2O4. The van der Waals surface area contributed by atoms with Crippen LogP contribution in [0.5, 0.6) is 5.75 Å². The molecule has 1 aromatic carbocycles. The largest absolute Gasteiger partial charge is 0.487 e. The van der Waals surface area contributed by atoms with Crippen molar-refractivity contribution < 1.29 is 19.4 Å². The molecule has 0 spiro atoms. The number of hydrogen-bond donors (Lipinski definition) is 1. The molecule has 0 bridgehead atoms. The second-order valence-corrected chi connectivity index (χ2v) is 6.36. The first kappa shape index (κ1) is 19.4. The number of aryl methyl sites for hydroxylation is 1. The first-order valence-electron chi connectivity index (χ1n) is 8.54. The number of ether oxygens (including phenoxy) is 1. The van der Waals surface area contributed by atoms with Crippen molar-refractivity contribution in [2.24, 2.45) is 0 Å². The summed E-state index contributed by atoms with van der Waals surface area (Å²) in [6.45, 7) is 6.15. The fourth-order valence-electron chi connectivity index (χ4n) is 2.48. The van der Waals surface area contributed by atoms with Crippen molar-refractivity contribution >= 4 is 11.9 Å². The molecule has 0 aliphatic heterocycles. The lowest BCUT2D eigenvalue weighted by molar-refractivity contribution is -0.137. The van der Waals surface area contributed by atoms with Gasteiger partial charge in [-0.2, -0.15) is 0 Å². The minimum Gasteiger partial charge on any atom is -0.487 e. The molecule has 0 aliphatic rings. The Morgan fingerprint density at radius 2 is 2.00 bits per heavy atom. The number of hydrogen-bond acceptors (Lipinski definition) is 4. The molecule has 1 N–H and O–H groups in total. The van der Waals surface area contributed by atoms with Crippen LogP contribution in [0.1, 0.15) is 41.9 Å². The molecule has 26 heavy (non-hydrogen) atoms. The van der Waals surface area contributed by atoms with Gasteiger partial charge >= 0.3 is 5.97 Å². The average Bonchev–Trinajstić information content (AvgIpc) is 2.61. The normalized spacial score (nSPS) is 10.6. The molecular weight excluding hydrogens is 332 g/mol. The van der Waals surface area contributed by atoms with E-state index < -0.39 is 5.97 Å². The molecule has 0 unspecified atom stereocenters. The third-order valence-electron chi connectivity index (χ3n) is 3.91. The number of carboxylic acids is 1. The summed E-state index contributed by atoms with van der Waals surface area (Å²) >= 11 is 0. The summed E-state index contributed by atoms with van der Waals surface area (Å²) < 4.78 is 5.70. The first-order valence-corrected chi connectivity index (χ1v) is 8.54. The third kappa shape index (κ3) is 5.58. The maximum atomic E-state index is 12.7. The van der Waals surface area contributed by atoms with Gasteiger partial charge in [-0.15, -0.1) is 0 Å². The molecule has 0 atom stereocenters. The van der Waals surface area contributed by atoms with Crippen LogP contribution in [-0.2, 0) is 11.4 Å². The van der Waals surface area contributed by atoms with Gasteiger partial charge < -0.3 is 14.7 Å². The summed E-state index contributed by atoms with van der Waals surface area (Å²) in [6, 6.07) is 10.8. The Balaban J connectivity index is 2.07. The molecule has 0 fully saturated rings. The maximum absolute atomic E-state index is 12.7. The number of rotatable bonds is 8. The number of pyridine rings is 1. The van der Waals surface area contributed by atoms with Gasteiger partial charge in [-0.3, -0.25) is 14.6 Å². The third-order valence-corrected chi connectivity index (χ3v) is 3.91. The van der Waals surface area contributed by atoms with Crippen molar-refractivity contribution in [2.45, 2.75) is 39.8 Å². The number of carboxylic acid groups (broad SMARTS) is 1. The molecule has 138 valence electrons.